The first kappa shape index (κ1) is 12.4. The molecule has 0 atom stereocenters. The van der Waals surface area contributed by atoms with Crippen molar-refractivity contribution >= 4 is 29.8 Å². The molecule has 0 fully saturated rings. The van der Waals surface area contributed by atoms with Gasteiger partial charge in [0.1, 0.15) is 0 Å². The summed E-state index contributed by atoms with van der Waals surface area (Å²) in [7, 11) is 0. The summed E-state index contributed by atoms with van der Waals surface area (Å²) in [6.45, 7) is 7.83. The molecule has 0 heterocycles. The molecule has 0 aliphatic carbocycles. The maximum atomic E-state index is 4.27. The Morgan fingerprint density at radius 1 is 0.800 bits per heavy atom. The first-order valence-corrected chi connectivity index (χ1v) is 6.54. The van der Waals surface area contributed by atoms with Crippen LogP contribution in [0.1, 0.15) is 5.56 Å². The molecule has 1 nitrogen and oxygen atoms in total. The maximum absolute atomic E-state index is 4.27. The van der Waals surface area contributed by atoms with Crippen LogP contribution in [-0.2, 0) is 0 Å². The Bertz CT molecular complexity index is 886. The molecule has 0 unspecified atom stereocenters. The lowest BCUT2D eigenvalue weighted by Crippen LogP contribution is -2.24. The van der Waals surface area contributed by atoms with Crippen molar-refractivity contribution < 1.29 is 0 Å². The zero-order chi connectivity index (χ0) is 13.9. The van der Waals surface area contributed by atoms with Gasteiger partial charge in [0.05, 0.1) is 5.70 Å². The second kappa shape index (κ2) is 5.14. The van der Waals surface area contributed by atoms with Gasteiger partial charge >= 0.3 is 0 Å². The van der Waals surface area contributed by atoms with Gasteiger partial charge in [-0.05, 0) is 22.7 Å². The molecule has 0 spiro atoms. The van der Waals surface area contributed by atoms with Gasteiger partial charge in [-0.3, -0.25) is 4.99 Å². The number of aliphatic imine (C=N–C) groups is 1. The van der Waals surface area contributed by atoms with Gasteiger partial charge in [0.2, 0.25) is 0 Å². The normalized spacial score (nSPS) is 12.2. The van der Waals surface area contributed by atoms with E-state index in [2.05, 4.69) is 48.6 Å². The lowest BCUT2D eigenvalue weighted by atomic mass is 10.0. The Kier molecular flexibility index (Phi) is 3.18. The summed E-state index contributed by atoms with van der Waals surface area (Å²) >= 11 is 0. The van der Waals surface area contributed by atoms with E-state index in [1.54, 1.807) is 0 Å². The monoisotopic (exact) mass is 257 g/mol. The number of benzene rings is 3. The van der Waals surface area contributed by atoms with Gasteiger partial charge < -0.3 is 0 Å². The largest absolute Gasteiger partial charge is 0.263 e. The fraction of sp³-hybridized carbons (Fsp3) is 0. The van der Waals surface area contributed by atoms with Gasteiger partial charge in [0.25, 0.3) is 0 Å². The average Bonchev–Trinajstić information content (AvgIpc) is 2.50. The van der Waals surface area contributed by atoms with Crippen molar-refractivity contribution in [3.63, 3.8) is 0 Å². The molecule has 3 aromatic carbocycles. The molecule has 20 heavy (non-hydrogen) atoms. The van der Waals surface area contributed by atoms with Crippen molar-refractivity contribution in [2.45, 2.75) is 0 Å². The van der Waals surface area contributed by atoms with Crippen LogP contribution in [0.5, 0.6) is 0 Å². The Hall–Kier alpha value is -2.67. The van der Waals surface area contributed by atoms with Gasteiger partial charge in [0, 0.05) is 10.8 Å². The molecule has 3 rings (SSSR count). The third-order valence-corrected chi connectivity index (χ3v) is 3.48. The van der Waals surface area contributed by atoms with Gasteiger partial charge in [-0.2, -0.15) is 0 Å². The Morgan fingerprint density at radius 2 is 1.50 bits per heavy atom. The zero-order valence-corrected chi connectivity index (χ0v) is 11.2. The molecule has 3 aromatic rings. The van der Waals surface area contributed by atoms with Crippen LogP contribution in [-0.4, -0.2) is 6.72 Å². The first-order chi connectivity index (χ1) is 9.81. The van der Waals surface area contributed by atoms with Crippen molar-refractivity contribution in [1.82, 2.24) is 0 Å². The Labute approximate surface area is 118 Å². The molecule has 0 saturated heterocycles. The van der Waals surface area contributed by atoms with Crippen LogP contribution in [0.15, 0.2) is 71.7 Å². The van der Waals surface area contributed by atoms with Crippen LogP contribution in [0.3, 0.4) is 0 Å². The predicted octanol–water partition coefficient (Wildman–Crippen LogP) is 3.11. The van der Waals surface area contributed by atoms with Crippen LogP contribution >= 0.6 is 0 Å². The lowest BCUT2D eigenvalue weighted by Gasteiger charge is -2.07. The zero-order valence-electron chi connectivity index (χ0n) is 11.2. The summed E-state index contributed by atoms with van der Waals surface area (Å²) in [4.78, 5) is 4.27. The standard InChI is InChI=1S/C19H15N/c1-14-8-3-5-11-16(14)19(20-2)18-13-7-10-15-9-4-6-12-17(15)18/h3-13H,1-2H2/b19-16-. The van der Waals surface area contributed by atoms with Crippen molar-refractivity contribution in [3.8, 4) is 0 Å². The maximum Gasteiger partial charge on any atom is 0.0779 e. The van der Waals surface area contributed by atoms with E-state index >= 15 is 0 Å². The number of hydrogen-bond donors (Lipinski definition) is 0. The summed E-state index contributed by atoms with van der Waals surface area (Å²) in [5.41, 5.74) is 1.97. The van der Waals surface area contributed by atoms with Crippen molar-refractivity contribution in [2.75, 3.05) is 0 Å². The predicted molar refractivity (Wildman–Crippen MR) is 87.2 cm³/mol. The minimum absolute atomic E-state index is 0.882. The van der Waals surface area contributed by atoms with E-state index in [0.717, 1.165) is 21.7 Å². The number of nitrogens with zero attached hydrogens (tertiary/aromatic N) is 1. The number of hydrogen-bond acceptors (Lipinski definition) is 1. The molecule has 0 aliphatic heterocycles. The minimum atomic E-state index is 0.882. The third kappa shape index (κ3) is 2.04. The quantitative estimate of drug-likeness (QED) is 0.626. The van der Waals surface area contributed by atoms with Gasteiger partial charge in [-0.25, -0.2) is 0 Å². The molecule has 1 heteroatoms. The highest BCUT2D eigenvalue weighted by Gasteiger charge is 2.05. The number of fused-ring (bicyclic) bond motifs is 1. The molecular formula is C19H15N. The van der Waals surface area contributed by atoms with E-state index in [-0.39, 0.29) is 0 Å². The van der Waals surface area contributed by atoms with Crippen molar-refractivity contribution in [3.05, 3.63) is 82.7 Å². The molecule has 0 N–H and O–H groups in total. The summed E-state index contributed by atoms with van der Waals surface area (Å²) in [5, 5.41) is 4.37. The molecule has 0 bridgehead atoms. The Balaban J connectivity index is 2.46. The van der Waals surface area contributed by atoms with Crippen molar-refractivity contribution in [2.24, 2.45) is 4.99 Å². The van der Waals surface area contributed by atoms with Gasteiger partial charge in [0.15, 0.2) is 0 Å². The van der Waals surface area contributed by atoms with Crippen LogP contribution in [0, 0.1) is 0 Å². The van der Waals surface area contributed by atoms with Crippen LogP contribution in [0.2, 0.25) is 0 Å². The smallest absolute Gasteiger partial charge is 0.0779 e. The lowest BCUT2D eigenvalue weighted by molar-refractivity contribution is 1.43. The van der Waals surface area contributed by atoms with Crippen LogP contribution in [0.4, 0.5) is 0 Å². The van der Waals surface area contributed by atoms with Gasteiger partial charge in [-0.1, -0.05) is 73.3 Å². The van der Waals surface area contributed by atoms with E-state index in [4.69, 9.17) is 0 Å². The highest BCUT2D eigenvalue weighted by atomic mass is 14.7. The van der Waals surface area contributed by atoms with Crippen LogP contribution < -0.4 is 10.4 Å². The molecule has 0 aliphatic rings. The Morgan fingerprint density at radius 3 is 2.30 bits per heavy atom. The van der Waals surface area contributed by atoms with E-state index < -0.39 is 0 Å². The fourth-order valence-corrected chi connectivity index (χ4v) is 2.50. The second-order valence-corrected chi connectivity index (χ2v) is 4.69. The highest BCUT2D eigenvalue weighted by Crippen LogP contribution is 2.23. The molecule has 0 radical (unpaired) electrons. The SMILES string of the molecule is C=N/C(c1cccc2ccccc12)=c1/ccccc1=C. The number of rotatable bonds is 2. The average molecular weight is 257 g/mol. The molecule has 96 valence electrons. The summed E-state index contributed by atoms with van der Waals surface area (Å²) in [5.74, 6) is 0. The van der Waals surface area contributed by atoms with Gasteiger partial charge in [-0.15, -0.1) is 0 Å². The van der Waals surface area contributed by atoms with E-state index in [0.29, 0.717) is 0 Å². The van der Waals surface area contributed by atoms with E-state index in [1.807, 2.05) is 36.4 Å². The minimum Gasteiger partial charge on any atom is -0.263 e. The van der Waals surface area contributed by atoms with E-state index in [9.17, 15) is 0 Å². The fourth-order valence-electron chi connectivity index (χ4n) is 2.50. The highest BCUT2D eigenvalue weighted by molar-refractivity contribution is 5.93. The van der Waals surface area contributed by atoms with Crippen LogP contribution in [0.25, 0.3) is 23.0 Å². The molecule has 0 aromatic heterocycles. The summed E-state index contributed by atoms with van der Waals surface area (Å²) in [6, 6.07) is 22.6. The van der Waals surface area contributed by atoms with E-state index in [1.165, 1.54) is 10.8 Å². The molecule has 0 amide bonds. The topological polar surface area (TPSA) is 12.4 Å². The van der Waals surface area contributed by atoms with Crippen molar-refractivity contribution in [1.29, 1.82) is 0 Å². The molecular weight excluding hydrogens is 242 g/mol. The summed E-state index contributed by atoms with van der Waals surface area (Å²) in [6.07, 6.45) is 0. The molecule has 0 saturated carbocycles. The second-order valence-electron chi connectivity index (χ2n) is 4.69. The first-order valence-electron chi connectivity index (χ1n) is 6.54. The third-order valence-electron chi connectivity index (χ3n) is 3.48. The summed E-state index contributed by atoms with van der Waals surface area (Å²) < 4.78 is 0.